The van der Waals surface area contributed by atoms with E-state index >= 15 is 0 Å². The molecule has 1 fully saturated rings. The third-order valence-corrected chi connectivity index (χ3v) is 8.69. The number of aromatic nitrogens is 2. The molecule has 0 radical (unpaired) electrons. The fourth-order valence-corrected chi connectivity index (χ4v) is 5.71. The molecule has 1 aliphatic heterocycles. The monoisotopic (exact) mass is 727 g/mol. The predicted molar refractivity (Wildman–Crippen MR) is 188 cm³/mol. The first kappa shape index (κ1) is 36.5. The minimum Gasteiger partial charge on any atom is -0.484 e. The van der Waals surface area contributed by atoms with Crippen LogP contribution in [-0.4, -0.2) is 70.1 Å². The molecule has 6 rings (SSSR count). The molecule has 262 valence electrons. The zero-order valence-corrected chi connectivity index (χ0v) is 28.7. The van der Waals surface area contributed by atoms with Crippen LogP contribution in [0.15, 0.2) is 85.1 Å². The Morgan fingerprint density at radius 2 is 1.64 bits per heavy atom. The molecule has 0 unspecified atom stereocenters. The second kappa shape index (κ2) is 15.4. The van der Waals surface area contributed by atoms with Gasteiger partial charge in [0.25, 0.3) is 11.8 Å². The quantitative estimate of drug-likeness (QED) is 0.166. The van der Waals surface area contributed by atoms with Gasteiger partial charge in [0.05, 0.1) is 17.4 Å². The molecule has 2 aromatic heterocycles. The Labute approximate surface area is 298 Å². The summed E-state index contributed by atoms with van der Waals surface area (Å²) >= 11 is 6.06. The largest absolute Gasteiger partial charge is 0.484 e. The van der Waals surface area contributed by atoms with Gasteiger partial charge < -0.3 is 24.3 Å². The fraction of sp³-hybridized carbons (Fsp3) is 0.250. The van der Waals surface area contributed by atoms with Crippen LogP contribution in [0.2, 0.25) is 5.02 Å². The number of halogens is 5. The highest BCUT2D eigenvalue weighted by Crippen LogP contribution is 2.28. The normalized spacial score (nSPS) is 13.5. The van der Waals surface area contributed by atoms with E-state index in [0.717, 1.165) is 22.0 Å². The molecule has 50 heavy (non-hydrogen) atoms. The van der Waals surface area contributed by atoms with E-state index in [1.54, 1.807) is 42.5 Å². The minimum atomic E-state index is -4.38. The average molecular weight is 729 g/mol. The van der Waals surface area contributed by atoms with Crippen molar-refractivity contribution in [3.05, 3.63) is 112 Å². The van der Waals surface area contributed by atoms with Gasteiger partial charge >= 0.3 is 6.18 Å². The highest BCUT2D eigenvalue weighted by atomic mass is 35.5. The lowest BCUT2D eigenvalue weighted by Gasteiger charge is -2.34. The second-order valence-electron chi connectivity index (χ2n) is 11.8. The van der Waals surface area contributed by atoms with E-state index in [0.29, 0.717) is 66.3 Å². The van der Waals surface area contributed by atoms with Crippen molar-refractivity contribution in [1.29, 1.82) is 0 Å². The highest BCUT2D eigenvalue weighted by Gasteiger charge is 2.28. The van der Waals surface area contributed by atoms with Crippen molar-refractivity contribution >= 4 is 52.4 Å². The number of alkyl halides is 3. The number of benzene rings is 3. The van der Waals surface area contributed by atoms with Crippen molar-refractivity contribution in [3.63, 3.8) is 0 Å². The molecule has 5 aromatic rings. The molecule has 0 bridgehead atoms. The maximum Gasteiger partial charge on any atom is 0.422 e. The van der Waals surface area contributed by atoms with Crippen LogP contribution in [0, 0.1) is 6.92 Å². The SMILES string of the molecule is Cc1cc(C(=O)Nc2ccc(Oc3ccc4cc(C(=O)N5CCN(Cc6ccc(OCC(F)(F)F)cc6)CC5)n(C)c4c3)nc2)ccc1Cl.Cl. The number of aryl methyl sites for hydroxylation is 2. The molecule has 1 saturated heterocycles. The van der Waals surface area contributed by atoms with Crippen LogP contribution < -0.4 is 14.8 Å². The molecular weight excluding hydrogens is 694 g/mol. The number of pyridine rings is 1. The zero-order valence-electron chi connectivity index (χ0n) is 27.2. The van der Waals surface area contributed by atoms with Gasteiger partial charge in [-0.3, -0.25) is 14.5 Å². The van der Waals surface area contributed by atoms with E-state index in [2.05, 4.69) is 15.2 Å². The summed E-state index contributed by atoms with van der Waals surface area (Å²) in [5, 5.41) is 4.30. The number of anilines is 1. The number of piperazine rings is 1. The summed E-state index contributed by atoms with van der Waals surface area (Å²) in [6, 6.07) is 22.4. The first-order valence-electron chi connectivity index (χ1n) is 15.5. The van der Waals surface area contributed by atoms with Gasteiger partial charge in [-0.2, -0.15) is 13.2 Å². The van der Waals surface area contributed by atoms with Crippen LogP contribution in [0.3, 0.4) is 0 Å². The van der Waals surface area contributed by atoms with Gasteiger partial charge in [-0.15, -0.1) is 12.4 Å². The number of hydrogen-bond acceptors (Lipinski definition) is 6. The van der Waals surface area contributed by atoms with E-state index in [1.165, 1.54) is 18.3 Å². The number of fused-ring (bicyclic) bond motifs is 1. The van der Waals surface area contributed by atoms with E-state index in [1.807, 2.05) is 47.7 Å². The summed E-state index contributed by atoms with van der Waals surface area (Å²) in [6.45, 7) is 3.55. The summed E-state index contributed by atoms with van der Waals surface area (Å²) in [6.07, 6.45) is -2.87. The average Bonchev–Trinajstić information content (AvgIpc) is 3.41. The van der Waals surface area contributed by atoms with Crippen LogP contribution in [0.5, 0.6) is 17.4 Å². The van der Waals surface area contributed by atoms with Crippen LogP contribution in [0.4, 0.5) is 18.9 Å². The number of hydrogen-bond donors (Lipinski definition) is 1. The van der Waals surface area contributed by atoms with Crippen molar-refractivity contribution < 1.29 is 32.2 Å². The van der Waals surface area contributed by atoms with Gasteiger partial charge in [0, 0.05) is 67.9 Å². The number of rotatable bonds is 9. The summed E-state index contributed by atoms with van der Waals surface area (Å²) < 4.78 is 49.8. The van der Waals surface area contributed by atoms with Crippen LogP contribution in [0.1, 0.15) is 32.0 Å². The second-order valence-corrected chi connectivity index (χ2v) is 12.2. The maximum atomic E-state index is 13.5. The van der Waals surface area contributed by atoms with Gasteiger partial charge in [0.1, 0.15) is 17.2 Å². The van der Waals surface area contributed by atoms with Crippen molar-refractivity contribution in [2.24, 2.45) is 7.05 Å². The Balaban J connectivity index is 0.00000486. The number of nitrogens with zero attached hydrogens (tertiary/aromatic N) is 4. The standard InChI is InChI=1S/C36H33ClF3N5O4.ClH/c1-23-17-26(6-11-30(23)37)34(46)42-27-7-12-33(41-20-27)49-29-10-5-25-18-32(43(2)31(25)19-29)35(47)45-15-13-44(14-16-45)21-24-3-8-28(9-4-24)48-22-36(38,39)40;/h3-12,17-20H,13-16,21-22H2,1-2H3,(H,42,46);1H. The van der Waals surface area contributed by atoms with Gasteiger partial charge in [-0.05, 0) is 72.6 Å². The minimum absolute atomic E-state index is 0. The van der Waals surface area contributed by atoms with Gasteiger partial charge in [-0.1, -0.05) is 23.7 Å². The third-order valence-electron chi connectivity index (χ3n) is 8.26. The Morgan fingerprint density at radius 3 is 2.30 bits per heavy atom. The highest BCUT2D eigenvalue weighted by molar-refractivity contribution is 6.31. The van der Waals surface area contributed by atoms with Crippen LogP contribution in [0.25, 0.3) is 10.9 Å². The summed E-state index contributed by atoms with van der Waals surface area (Å²) in [5.74, 6) is 0.710. The first-order chi connectivity index (χ1) is 23.4. The maximum absolute atomic E-state index is 13.5. The lowest BCUT2D eigenvalue weighted by Crippen LogP contribution is -2.48. The van der Waals surface area contributed by atoms with Crippen LogP contribution >= 0.6 is 24.0 Å². The number of carbonyl (C=O) groups is 2. The number of nitrogens with one attached hydrogen (secondary N) is 1. The molecule has 0 spiro atoms. The van der Waals surface area contributed by atoms with Crippen LogP contribution in [-0.2, 0) is 13.6 Å². The fourth-order valence-electron chi connectivity index (χ4n) is 5.59. The van der Waals surface area contributed by atoms with E-state index in [4.69, 9.17) is 21.1 Å². The summed E-state index contributed by atoms with van der Waals surface area (Å²) in [7, 11) is 1.84. The molecule has 3 heterocycles. The van der Waals surface area contributed by atoms with E-state index < -0.39 is 12.8 Å². The van der Waals surface area contributed by atoms with Crippen molar-refractivity contribution in [1.82, 2.24) is 19.4 Å². The molecule has 1 aliphatic rings. The van der Waals surface area contributed by atoms with Gasteiger partial charge in [0.15, 0.2) is 6.61 Å². The lowest BCUT2D eigenvalue weighted by atomic mass is 10.1. The molecule has 0 atom stereocenters. The van der Waals surface area contributed by atoms with Crippen molar-refractivity contribution in [3.8, 4) is 17.4 Å². The molecule has 0 saturated carbocycles. The number of amides is 2. The molecule has 0 aliphatic carbocycles. The van der Waals surface area contributed by atoms with Crippen molar-refractivity contribution in [2.45, 2.75) is 19.6 Å². The lowest BCUT2D eigenvalue weighted by molar-refractivity contribution is -0.153. The molecule has 1 N–H and O–H groups in total. The van der Waals surface area contributed by atoms with Crippen molar-refractivity contribution in [2.75, 3.05) is 38.1 Å². The molecule has 3 aromatic carbocycles. The Hall–Kier alpha value is -4.78. The molecular formula is C36H34Cl2F3N5O4. The first-order valence-corrected chi connectivity index (χ1v) is 15.9. The topological polar surface area (TPSA) is 88.9 Å². The Kier molecular flexibility index (Phi) is 11.2. The van der Waals surface area contributed by atoms with E-state index in [9.17, 15) is 22.8 Å². The smallest absolute Gasteiger partial charge is 0.422 e. The zero-order chi connectivity index (χ0) is 34.7. The third kappa shape index (κ3) is 8.87. The Bertz CT molecular complexity index is 1980. The number of carbonyl (C=O) groups excluding carboxylic acids is 2. The molecule has 9 nitrogen and oxygen atoms in total. The van der Waals surface area contributed by atoms with Gasteiger partial charge in [-0.25, -0.2) is 4.98 Å². The number of ether oxygens (including phenoxy) is 2. The molecule has 14 heteroatoms. The van der Waals surface area contributed by atoms with Gasteiger partial charge in [0.2, 0.25) is 5.88 Å². The summed E-state index contributed by atoms with van der Waals surface area (Å²) in [5.41, 5.74) is 4.14. The summed E-state index contributed by atoms with van der Waals surface area (Å²) in [4.78, 5) is 34.5. The Morgan fingerprint density at radius 1 is 0.920 bits per heavy atom. The predicted octanol–water partition coefficient (Wildman–Crippen LogP) is 7.90. The molecule has 2 amide bonds. The van der Waals surface area contributed by atoms with E-state index in [-0.39, 0.29) is 30.0 Å².